The Kier molecular flexibility index (Phi) is 13.8. The Morgan fingerprint density at radius 1 is 0.657 bits per heavy atom. The van der Waals surface area contributed by atoms with Crippen LogP contribution >= 0.6 is 22.7 Å². The number of hydrogen-bond donors (Lipinski definition) is 2. The van der Waals surface area contributed by atoms with Gasteiger partial charge in [0, 0.05) is 60.8 Å². The zero-order valence-corrected chi connectivity index (χ0v) is 40.2. The highest BCUT2D eigenvalue weighted by atomic mass is 32.1. The summed E-state index contributed by atoms with van der Waals surface area (Å²) in [6.07, 6.45) is 1.40. The molecule has 0 radical (unpaired) electrons. The third-order valence-electron chi connectivity index (χ3n) is 12.6. The van der Waals surface area contributed by atoms with Crippen LogP contribution in [-0.2, 0) is 65.7 Å². The Morgan fingerprint density at radius 2 is 1.15 bits per heavy atom. The number of imide groups is 2. The molecule has 2 N–H and O–H groups in total. The molecule has 2 saturated heterocycles. The smallest absolute Gasteiger partial charge is 0.295 e. The molecule has 0 aliphatic carbocycles. The zero-order chi connectivity index (χ0) is 48.7. The van der Waals surface area contributed by atoms with Crippen molar-refractivity contribution < 1.29 is 47.9 Å². The Bertz CT molecular complexity index is 2720. The lowest BCUT2D eigenvalue weighted by Crippen LogP contribution is -2.52. The molecule has 2 unspecified atom stereocenters. The van der Waals surface area contributed by atoms with Crippen molar-refractivity contribution in [3.05, 3.63) is 114 Å². The quantitative estimate of drug-likeness (QED) is 0.104. The van der Waals surface area contributed by atoms with Gasteiger partial charge in [0.1, 0.15) is 12.1 Å². The molecule has 2 aromatic carbocycles. The van der Waals surface area contributed by atoms with Crippen molar-refractivity contribution in [1.29, 1.82) is 0 Å². The summed E-state index contributed by atoms with van der Waals surface area (Å²) in [5.74, 6) is -4.24. The van der Waals surface area contributed by atoms with E-state index in [2.05, 4.69) is 52.2 Å². The van der Waals surface area contributed by atoms with Gasteiger partial charge in [-0.25, -0.2) is 0 Å². The second-order valence-electron chi connectivity index (χ2n) is 19.3. The maximum atomic E-state index is 12.9. The number of piperidine rings is 2. The first kappa shape index (κ1) is 48.5. The Labute approximate surface area is 396 Å². The van der Waals surface area contributed by atoms with Crippen molar-refractivity contribution in [3.63, 3.8) is 0 Å². The molecular formula is C50H53N5O10S2. The van der Waals surface area contributed by atoms with E-state index in [9.17, 15) is 47.9 Å². The minimum absolute atomic E-state index is 0.0376. The molecule has 4 aromatic rings. The van der Waals surface area contributed by atoms with E-state index < -0.39 is 47.2 Å². The monoisotopic (exact) mass is 947 g/mol. The van der Waals surface area contributed by atoms with Crippen LogP contribution in [0.15, 0.2) is 59.3 Å². The summed E-state index contributed by atoms with van der Waals surface area (Å²) in [5, 5.41) is 8.15. The van der Waals surface area contributed by atoms with Crippen LogP contribution in [0, 0.1) is 0 Å². The SMILES string of the molecule is CC(C)(C)c1ccc(C(=O)C(=O)CCc2csc3c2CN(C2CCC(=O)NC2=O)C3=O)cc1.CN(Cc1scc2c1CN(C1CCC(=O)NC1=O)C2=O)C(=O)C(=O)c1ccc(C(C)(C)C)cc1. The number of carbonyl (C=O) groups is 10. The summed E-state index contributed by atoms with van der Waals surface area (Å²) >= 11 is 2.65. The van der Waals surface area contributed by atoms with Crippen LogP contribution in [0.4, 0.5) is 0 Å². The fourth-order valence-electron chi connectivity index (χ4n) is 8.47. The van der Waals surface area contributed by atoms with Gasteiger partial charge >= 0.3 is 0 Å². The number of nitrogens with one attached hydrogen (secondary N) is 2. The highest BCUT2D eigenvalue weighted by molar-refractivity contribution is 7.12. The standard InChI is InChI=1S/C25H27N3O5S.C25H26N2O5S/c1-25(2,3)15-7-5-14(6-8-15)21(30)24(33)27(4)12-19-16-11-28(23(32)17(16)13-34-19)18-9-10-20(29)26-22(18)31;1-25(2,3)16-7-4-14(5-8-16)21(30)19(28)10-6-15-13-33-22-17(15)12-27(24(22)32)18-9-11-20(29)26-23(18)31/h5-8,13,18H,9-12H2,1-4H3,(H,26,29,31);4-5,7-8,13,18H,6,9-12H2,1-3H3,(H,26,29,31). The first-order valence-corrected chi connectivity index (χ1v) is 23.9. The van der Waals surface area contributed by atoms with Crippen LogP contribution in [0.1, 0.15) is 147 Å². The summed E-state index contributed by atoms with van der Waals surface area (Å²) < 4.78 is 0. The Morgan fingerprint density at radius 3 is 1.66 bits per heavy atom. The van der Waals surface area contributed by atoms with Crippen molar-refractivity contribution in [2.75, 3.05) is 7.05 Å². The number of fused-ring (bicyclic) bond motifs is 2. The number of amides is 7. The van der Waals surface area contributed by atoms with Gasteiger partial charge in [0.25, 0.3) is 17.7 Å². The predicted molar refractivity (Wildman–Crippen MR) is 249 cm³/mol. The van der Waals surface area contributed by atoms with Gasteiger partial charge < -0.3 is 14.7 Å². The molecule has 2 atom stereocenters. The third kappa shape index (κ3) is 10.3. The van der Waals surface area contributed by atoms with Gasteiger partial charge in [-0.15, -0.1) is 22.7 Å². The molecule has 15 nitrogen and oxygen atoms in total. The van der Waals surface area contributed by atoms with E-state index in [1.807, 2.05) is 29.6 Å². The van der Waals surface area contributed by atoms with E-state index in [0.717, 1.165) is 32.7 Å². The fraction of sp³-hybridized carbons (Fsp3) is 0.400. The number of aryl methyl sites for hydroxylation is 1. The van der Waals surface area contributed by atoms with E-state index in [1.54, 1.807) is 36.7 Å². The summed E-state index contributed by atoms with van der Waals surface area (Å²) in [7, 11) is 1.56. The van der Waals surface area contributed by atoms with Gasteiger partial charge in [-0.2, -0.15) is 0 Å². The molecule has 0 bridgehead atoms. The molecule has 0 saturated carbocycles. The van der Waals surface area contributed by atoms with Crippen molar-refractivity contribution in [3.8, 4) is 0 Å². The lowest BCUT2D eigenvalue weighted by molar-refractivity contribution is -0.138. The number of Topliss-reactive ketones (excluding diaryl/α,β-unsaturated/α-hetero) is 3. The lowest BCUT2D eigenvalue weighted by Gasteiger charge is -2.29. The molecule has 4 aliphatic rings. The minimum Gasteiger partial charge on any atom is -0.334 e. The maximum Gasteiger partial charge on any atom is 0.295 e. The molecule has 6 heterocycles. The second kappa shape index (κ2) is 19.0. The number of thiophene rings is 2. The largest absolute Gasteiger partial charge is 0.334 e. The van der Waals surface area contributed by atoms with E-state index in [4.69, 9.17) is 0 Å². The topological polar surface area (TPSA) is 204 Å². The summed E-state index contributed by atoms with van der Waals surface area (Å²) in [5.41, 5.74) is 5.71. The van der Waals surface area contributed by atoms with Crippen LogP contribution < -0.4 is 10.6 Å². The number of likely N-dealkylation sites (N-methyl/N-ethyl adjacent to an activating group) is 1. The maximum absolute atomic E-state index is 12.9. The van der Waals surface area contributed by atoms with Gasteiger partial charge in [-0.3, -0.25) is 58.6 Å². The normalized spacial score (nSPS) is 18.2. The number of carbonyl (C=O) groups excluding carboxylic acids is 10. The number of hydrogen-bond acceptors (Lipinski definition) is 12. The van der Waals surface area contributed by atoms with Crippen molar-refractivity contribution in [1.82, 2.24) is 25.3 Å². The molecule has 2 fully saturated rings. The van der Waals surface area contributed by atoms with Gasteiger partial charge in [0.15, 0.2) is 0 Å². The number of benzene rings is 2. The summed E-state index contributed by atoms with van der Waals surface area (Å²) in [6.45, 7) is 13.2. The number of rotatable bonds is 11. The van der Waals surface area contributed by atoms with Crippen LogP contribution in [0.5, 0.6) is 0 Å². The molecule has 2 aromatic heterocycles. The van der Waals surface area contributed by atoms with Crippen LogP contribution in [-0.4, -0.2) is 92.5 Å². The average Bonchev–Trinajstić information content (AvgIpc) is 4.04. The summed E-state index contributed by atoms with van der Waals surface area (Å²) in [6, 6.07) is 12.9. The first-order valence-electron chi connectivity index (χ1n) is 22.1. The van der Waals surface area contributed by atoms with Crippen LogP contribution in [0.3, 0.4) is 0 Å². The highest BCUT2D eigenvalue weighted by Gasteiger charge is 2.42. The highest BCUT2D eigenvalue weighted by Crippen LogP contribution is 2.36. The molecular weight excluding hydrogens is 895 g/mol. The molecule has 7 amide bonds. The van der Waals surface area contributed by atoms with E-state index in [-0.39, 0.29) is 73.4 Å². The third-order valence-corrected chi connectivity index (χ3v) is 14.6. The first-order chi connectivity index (χ1) is 31.5. The van der Waals surface area contributed by atoms with Crippen LogP contribution in [0.25, 0.3) is 0 Å². The second-order valence-corrected chi connectivity index (χ2v) is 21.2. The van der Waals surface area contributed by atoms with Crippen molar-refractivity contribution in [2.45, 2.75) is 123 Å². The van der Waals surface area contributed by atoms with Gasteiger partial charge in [0.2, 0.25) is 41.0 Å². The van der Waals surface area contributed by atoms with E-state index >= 15 is 0 Å². The average molecular weight is 948 g/mol. The van der Waals surface area contributed by atoms with Crippen molar-refractivity contribution in [2.24, 2.45) is 0 Å². The summed E-state index contributed by atoms with van der Waals surface area (Å²) in [4.78, 5) is 129. The van der Waals surface area contributed by atoms with Gasteiger partial charge in [0.05, 0.1) is 17.0 Å². The zero-order valence-electron chi connectivity index (χ0n) is 38.5. The van der Waals surface area contributed by atoms with E-state index in [0.29, 0.717) is 40.8 Å². The van der Waals surface area contributed by atoms with Gasteiger partial charge in [-0.05, 0) is 63.3 Å². The van der Waals surface area contributed by atoms with E-state index in [1.165, 1.54) is 37.4 Å². The molecule has 67 heavy (non-hydrogen) atoms. The van der Waals surface area contributed by atoms with Crippen molar-refractivity contribution >= 4 is 81.4 Å². The molecule has 0 spiro atoms. The number of ketones is 3. The lowest BCUT2D eigenvalue weighted by atomic mass is 9.86. The Hall–Kier alpha value is -6.46. The minimum atomic E-state index is -0.688. The molecule has 8 rings (SSSR count). The van der Waals surface area contributed by atoms with Crippen LogP contribution in [0.2, 0.25) is 0 Å². The predicted octanol–water partition coefficient (Wildman–Crippen LogP) is 5.84. The molecule has 4 aliphatic heterocycles. The number of nitrogens with zero attached hydrogens (tertiary/aromatic N) is 3. The Balaban J connectivity index is 0.000000199. The molecule has 17 heteroatoms. The van der Waals surface area contributed by atoms with Gasteiger partial charge in [-0.1, -0.05) is 90.1 Å². The molecule has 350 valence electrons. The fourth-order valence-corrected chi connectivity index (χ4v) is 10.6.